The molecule has 2 aromatic carbocycles. The van der Waals surface area contributed by atoms with Crippen molar-refractivity contribution in [2.75, 3.05) is 7.11 Å². The molecule has 0 aromatic heterocycles. The lowest BCUT2D eigenvalue weighted by Crippen LogP contribution is -2.40. The molecular formula is C29H30O11. The van der Waals surface area contributed by atoms with E-state index in [1.54, 1.807) is 0 Å². The first-order valence-corrected chi connectivity index (χ1v) is 12.3. The molecule has 1 heterocycles. The zero-order valence-corrected chi connectivity index (χ0v) is 23.2. The highest BCUT2D eigenvalue weighted by molar-refractivity contribution is 6.07. The van der Waals surface area contributed by atoms with E-state index in [2.05, 4.69) is 0 Å². The molecule has 1 aliphatic heterocycles. The van der Waals surface area contributed by atoms with Crippen molar-refractivity contribution in [3.05, 3.63) is 52.6 Å². The van der Waals surface area contributed by atoms with Gasteiger partial charge in [0.2, 0.25) is 11.9 Å². The van der Waals surface area contributed by atoms with Crippen LogP contribution in [0.25, 0.3) is 0 Å². The molecule has 212 valence electrons. The molecule has 40 heavy (non-hydrogen) atoms. The molecule has 0 spiro atoms. The summed E-state index contributed by atoms with van der Waals surface area (Å²) < 4.78 is 33.0. The second kappa shape index (κ2) is 12.5. The Morgan fingerprint density at radius 3 is 1.95 bits per heavy atom. The minimum atomic E-state index is -1.49. The predicted molar refractivity (Wildman–Crippen MR) is 140 cm³/mol. The van der Waals surface area contributed by atoms with Crippen molar-refractivity contribution >= 4 is 29.7 Å². The fraction of sp³-hybridized carbons (Fsp3) is 0.345. The highest BCUT2D eigenvalue weighted by Crippen LogP contribution is 2.48. The third-order valence-corrected chi connectivity index (χ3v) is 5.62. The Morgan fingerprint density at radius 1 is 0.800 bits per heavy atom. The van der Waals surface area contributed by atoms with Gasteiger partial charge in [-0.1, -0.05) is 17.7 Å². The van der Waals surface area contributed by atoms with Gasteiger partial charge in [0.15, 0.2) is 17.6 Å². The number of carbonyl (C=O) groups excluding carboxylic acids is 5. The molecule has 0 fully saturated rings. The highest BCUT2D eigenvalue weighted by Gasteiger charge is 2.45. The van der Waals surface area contributed by atoms with E-state index in [-0.39, 0.29) is 40.7 Å². The zero-order valence-electron chi connectivity index (χ0n) is 23.2. The van der Waals surface area contributed by atoms with Crippen LogP contribution in [-0.2, 0) is 30.3 Å². The van der Waals surface area contributed by atoms with Gasteiger partial charge in [0.05, 0.1) is 7.11 Å². The average Bonchev–Trinajstić information content (AvgIpc) is 2.83. The van der Waals surface area contributed by atoms with Gasteiger partial charge >= 0.3 is 23.9 Å². The van der Waals surface area contributed by atoms with E-state index in [1.165, 1.54) is 45.2 Å². The smallest absolute Gasteiger partial charge is 0.308 e. The monoisotopic (exact) mass is 554 g/mol. The molecule has 2 atom stereocenters. The van der Waals surface area contributed by atoms with Gasteiger partial charge in [-0.3, -0.25) is 24.0 Å². The Bertz CT molecular complexity index is 1400. The molecule has 0 aliphatic carbocycles. The molecule has 3 rings (SSSR count). The van der Waals surface area contributed by atoms with Gasteiger partial charge in [-0.2, -0.15) is 0 Å². The van der Waals surface area contributed by atoms with Crippen LogP contribution in [-0.4, -0.2) is 42.9 Å². The van der Waals surface area contributed by atoms with Crippen LogP contribution in [0.15, 0.2) is 35.9 Å². The lowest BCUT2D eigenvalue weighted by atomic mass is 9.89. The maximum Gasteiger partial charge on any atom is 0.308 e. The van der Waals surface area contributed by atoms with Gasteiger partial charge in [-0.25, -0.2) is 0 Å². The fourth-order valence-corrected chi connectivity index (χ4v) is 4.10. The van der Waals surface area contributed by atoms with E-state index in [0.29, 0.717) is 11.1 Å². The van der Waals surface area contributed by atoms with Crippen molar-refractivity contribution < 1.29 is 52.4 Å². The summed E-state index contributed by atoms with van der Waals surface area (Å²) in [6, 6.07) is 5.72. The lowest BCUT2D eigenvalue weighted by molar-refractivity contribution is -0.149. The quantitative estimate of drug-likeness (QED) is 0.263. The molecule has 0 bridgehead atoms. The van der Waals surface area contributed by atoms with Crippen molar-refractivity contribution in [1.29, 1.82) is 0 Å². The Morgan fingerprint density at radius 2 is 1.40 bits per heavy atom. The third-order valence-electron chi connectivity index (χ3n) is 5.62. The number of carbonyl (C=O) groups is 5. The molecule has 2 unspecified atom stereocenters. The van der Waals surface area contributed by atoms with Crippen molar-refractivity contribution in [2.45, 2.75) is 60.2 Å². The molecule has 2 aromatic rings. The molecule has 0 saturated carbocycles. The molecule has 0 amide bonds. The standard InChI is InChI=1S/C29H30O11/c1-14(2)8-10-20-22(37-16(4)31)13-24(38-17(5)32)25-26(34)29(39-18(6)33)27(40-28(20)25)19-9-11-21(36-15(3)30)23(12-19)35-7/h8-9,11-13,27,29H,10H2,1-7H3. The Labute approximate surface area is 230 Å². The first-order valence-electron chi connectivity index (χ1n) is 12.3. The van der Waals surface area contributed by atoms with Crippen molar-refractivity contribution in [3.8, 4) is 28.7 Å². The summed E-state index contributed by atoms with van der Waals surface area (Å²) in [6.45, 7) is 8.46. The first-order chi connectivity index (χ1) is 18.8. The van der Waals surface area contributed by atoms with E-state index in [9.17, 15) is 24.0 Å². The lowest BCUT2D eigenvalue weighted by Gasteiger charge is -2.34. The Hall–Kier alpha value is -4.67. The van der Waals surface area contributed by atoms with Gasteiger partial charge < -0.3 is 28.4 Å². The Balaban J connectivity index is 2.31. The maximum absolute atomic E-state index is 14.0. The highest BCUT2D eigenvalue weighted by atomic mass is 16.6. The Kier molecular flexibility index (Phi) is 9.31. The van der Waals surface area contributed by atoms with Gasteiger partial charge in [0.1, 0.15) is 22.8 Å². The topological polar surface area (TPSA) is 141 Å². The summed E-state index contributed by atoms with van der Waals surface area (Å²) in [5.41, 5.74) is 1.48. The number of ether oxygens (including phenoxy) is 6. The number of benzene rings is 2. The maximum atomic E-state index is 14.0. The van der Waals surface area contributed by atoms with E-state index >= 15 is 0 Å². The van der Waals surface area contributed by atoms with Crippen LogP contribution in [0.4, 0.5) is 0 Å². The second-order valence-corrected chi connectivity index (χ2v) is 9.17. The van der Waals surface area contributed by atoms with Gasteiger partial charge in [-0.05, 0) is 32.4 Å². The zero-order chi connectivity index (χ0) is 29.7. The second-order valence-electron chi connectivity index (χ2n) is 9.17. The number of hydrogen-bond donors (Lipinski definition) is 0. The van der Waals surface area contributed by atoms with Crippen LogP contribution in [0.3, 0.4) is 0 Å². The molecule has 0 radical (unpaired) electrons. The molecule has 0 saturated heterocycles. The number of ketones is 1. The fourth-order valence-electron chi connectivity index (χ4n) is 4.10. The first kappa shape index (κ1) is 29.9. The predicted octanol–water partition coefficient (Wildman–Crippen LogP) is 4.23. The molecule has 0 N–H and O–H groups in total. The number of allylic oxidation sites excluding steroid dienone is 2. The SMILES string of the molecule is COc1cc(C2Oc3c(CC=C(C)C)c(OC(C)=O)cc(OC(C)=O)c3C(=O)C2OC(C)=O)ccc1OC(C)=O. The number of methoxy groups -OCH3 is 1. The molecule has 11 heteroatoms. The van der Waals surface area contributed by atoms with Crippen LogP contribution in [0.1, 0.15) is 69.1 Å². The van der Waals surface area contributed by atoms with Gasteiger partial charge in [-0.15, -0.1) is 0 Å². The van der Waals surface area contributed by atoms with Crippen LogP contribution < -0.4 is 23.7 Å². The largest absolute Gasteiger partial charge is 0.493 e. The minimum Gasteiger partial charge on any atom is -0.493 e. The summed E-state index contributed by atoms with van der Waals surface area (Å²) >= 11 is 0. The van der Waals surface area contributed by atoms with E-state index in [1.807, 2.05) is 19.9 Å². The average molecular weight is 555 g/mol. The van der Waals surface area contributed by atoms with Crippen LogP contribution in [0.2, 0.25) is 0 Å². The molecule has 11 nitrogen and oxygen atoms in total. The molecular weight excluding hydrogens is 524 g/mol. The normalized spacial score (nSPS) is 15.6. The van der Waals surface area contributed by atoms with E-state index < -0.39 is 41.9 Å². The van der Waals surface area contributed by atoms with E-state index in [4.69, 9.17) is 28.4 Å². The molecule has 1 aliphatic rings. The number of hydrogen-bond acceptors (Lipinski definition) is 11. The summed E-state index contributed by atoms with van der Waals surface area (Å²) in [5.74, 6) is -3.31. The minimum absolute atomic E-state index is 0.00562. The number of fused-ring (bicyclic) bond motifs is 1. The third kappa shape index (κ3) is 6.85. The number of rotatable bonds is 8. The number of Topliss-reactive ketones (excluding diaryl/α,β-unsaturated/α-hetero) is 1. The van der Waals surface area contributed by atoms with Gasteiger partial charge in [0, 0.05) is 44.9 Å². The van der Waals surface area contributed by atoms with Crippen LogP contribution in [0.5, 0.6) is 28.7 Å². The summed E-state index contributed by atoms with van der Waals surface area (Å²) in [5, 5.41) is 0. The van der Waals surface area contributed by atoms with Crippen LogP contribution in [0, 0.1) is 0 Å². The van der Waals surface area contributed by atoms with Crippen LogP contribution >= 0.6 is 0 Å². The van der Waals surface area contributed by atoms with Crippen molar-refractivity contribution in [1.82, 2.24) is 0 Å². The summed E-state index contributed by atoms with van der Waals surface area (Å²) in [7, 11) is 1.37. The summed E-state index contributed by atoms with van der Waals surface area (Å²) in [4.78, 5) is 61.4. The van der Waals surface area contributed by atoms with Crippen molar-refractivity contribution in [2.24, 2.45) is 0 Å². The summed E-state index contributed by atoms with van der Waals surface area (Å²) in [6.07, 6.45) is -0.654. The van der Waals surface area contributed by atoms with E-state index in [0.717, 1.165) is 19.4 Å². The van der Waals surface area contributed by atoms with Gasteiger partial charge in [0.25, 0.3) is 0 Å². The van der Waals surface area contributed by atoms with Crippen molar-refractivity contribution in [3.63, 3.8) is 0 Å². The number of esters is 4.